The number of carbonyl (C=O) groups excluding carboxylic acids is 1. The number of hydrogen-bond donors (Lipinski definition) is 1. The van der Waals surface area contributed by atoms with Gasteiger partial charge in [-0.05, 0) is 50.5 Å². The van der Waals surface area contributed by atoms with Crippen LogP contribution < -0.4 is 15.0 Å². The van der Waals surface area contributed by atoms with E-state index in [0.717, 1.165) is 37.1 Å². The summed E-state index contributed by atoms with van der Waals surface area (Å²) in [6.07, 6.45) is 2.74. The molecule has 7 heteroatoms. The van der Waals surface area contributed by atoms with Gasteiger partial charge in [0.1, 0.15) is 5.75 Å². The summed E-state index contributed by atoms with van der Waals surface area (Å²) in [4.78, 5) is 18.9. The van der Waals surface area contributed by atoms with Crippen LogP contribution in [0, 0.1) is 5.92 Å². The van der Waals surface area contributed by atoms with Gasteiger partial charge < -0.3 is 19.5 Å². The number of hydrogen-bond acceptors (Lipinski definition) is 6. The van der Waals surface area contributed by atoms with Crippen LogP contribution >= 0.6 is 0 Å². The Morgan fingerprint density at radius 1 is 1.42 bits per heavy atom. The van der Waals surface area contributed by atoms with Gasteiger partial charge in [0.25, 0.3) is 0 Å². The van der Waals surface area contributed by atoms with E-state index in [2.05, 4.69) is 22.4 Å². The van der Waals surface area contributed by atoms with Crippen molar-refractivity contribution < 1.29 is 14.1 Å². The van der Waals surface area contributed by atoms with Crippen molar-refractivity contribution in [3.05, 3.63) is 24.3 Å². The van der Waals surface area contributed by atoms with E-state index in [1.54, 1.807) is 7.11 Å². The molecule has 1 N–H and O–H groups in total. The number of anilines is 1. The van der Waals surface area contributed by atoms with Crippen LogP contribution in [-0.2, 0) is 4.79 Å². The van der Waals surface area contributed by atoms with E-state index in [1.165, 1.54) is 0 Å². The molecule has 1 aliphatic rings. The molecule has 0 aliphatic carbocycles. The molecule has 1 saturated heterocycles. The second-order valence-electron chi connectivity index (χ2n) is 6.73. The summed E-state index contributed by atoms with van der Waals surface area (Å²) in [6, 6.07) is 8.18. The van der Waals surface area contributed by atoms with Crippen LogP contribution in [0.2, 0.25) is 0 Å². The summed E-state index contributed by atoms with van der Waals surface area (Å²) in [5.41, 5.74) is 0.865. The molecule has 0 bridgehead atoms. The van der Waals surface area contributed by atoms with E-state index in [-0.39, 0.29) is 17.9 Å². The maximum absolute atomic E-state index is 12.4. The molecule has 1 aromatic carbocycles. The minimum atomic E-state index is -0.0471. The number of nitrogens with zero attached hydrogens (tertiary/aromatic N) is 3. The Morgan fingerprint density at radius 2 is 2.19 bits per heavy atom. The summed E-state index contributed by atoms with van der Waals surface area (Å²) in [5.74, 6) is 1.38. The first-order valence-electron chi connectivity index (χ1n) is 9.14. The van der Waals surface area contributed by atoms with Crippen molar-refractivity contribution in [2.75, 3.05) is 25.1 Å². The number of ether oxygens (including phenoxy) is 1. The zero-order chi connectivity index (χ0) is 18.5. The Hall–Kier alpha value is -2.57. The Bertz CT molecular complexity index is 729. The number of amides is 1. The van der Waals surface area contributed by atoms with Gasteiger partial charge in [0.2, 0.25) is 11.7 Å². The molecular weight excluding hydrogens is 332 g/mol. The third-order valence-electron chi connectivity index (χ3n) is 4.83. The van der Waals surface area contributed by atoms with E-state index in [9.17, 15) is 4.79 Å². The molecule has 26 heavy (non-hydrogen) atoms. The van der Waals surface area contributed by atoms with Crippen molar-refractivity contribution in [2.45, 2.75) is 39.2 Å². The summed E-state index contributed by atoms with van der Waals surface area (Å²) < 4.78 is 10.6. The van der Waals surface area contributed by atoms with Gasteiger partial charge in [0, 0.05) is 24.7 Å². The van der Waals surface area contributed by atoms with Crippen LogP contribution in [-0.4, -0.2) is 42.3 Å². The predicted molar refractivity (Wildman–Crippen MR) is 99.1 cm³/mol. The van der Waals surface area contributed by atoms with Gasteiger partial charge in [-0.15, -0.1) is 0 Å². The van der Waals surface area contributed by atoms with Gasteiger partial charge in [0.05, 0.1) is 13.0 Å². The van der Waals surface area contributed by atoms with Gasteiger partial charge in [-0.3, -0.25) is 4.79 Å². The van der Waals surface area contributed by atoms with Crippen LogP contribution in [0.3, 0.4) is 0 Å². The molecule has 3 rings (SSSR count). The van der Waals surface area contributed by atoms with Gasteiger partial charge in [-0.25, -0.2) is 0 Å². The van der Waals surface area contributed by atoms with E-state index in [0.29, 0.717) is 18.4 Å². The lowest BCUT2D eigenvalue weighted by Gasteiger charge is -2.31. The van der Waals surface area contributed by atoms with Gasteiger partial charge in [-0.1, -0.05) is 12.1 Å². The lowest BCUT2D eigenvalue weighted by molar-refractivity contribution is -0.125. The molecule has 1 fully saturated rings. The topological polar surface area (TPSA) is 80.5 Å². The highest BCUT2D eigenvalue weighted by Gasteiger charge is 2.29. The smallest absolute Gasteiger partial charge is 0.324 e. The Balaban J connectivity index is 1.67. The molecule has 2 unspecified atom stereocenters. The summed E-state index contributed by atoms with van der Waals surface area (Å²) >= 11 is 0. The van der Waals surface area contributed by atoms with Gasteiger partial charge in [0.15, 0.2) is 0 Å². The average molecular weight is 358 g/mol. The van der Waals surface area contributed by atoms with Crippen LogP contribution in [0.4, 0.5) is 6.01 Å². The van der Waals surface area contributed by atoms with Crippen LogP contribution in [0.15, 0.2) is 28.8 Å². The first-order chi connectivity index (χ1) is 12.6. The molecule has 0 saturated carbocycles. The number of methoxy groups -OCH3 is 1. The summed E-state index contributed by atoms with van der Waals surface area (Å²) in [5, 5.41) is 7.15. The van der Waals surface area contributed by atoms with Crippen molar-refractivity contribution in [3.63, 3.8) is 0 Å². The van der Waals surface area contributed by atoms with Gasteiger partial charge in [-0.2, -0.15) is 4.98 Å². The number of aromatic nitrogens is 2. The number of benzene rings is 1. The standard InChI is InChI=1S/C19H26N4O3/c1-4-13(2)20-18(24)15-6-5-11-23(12-15)19-21-17(22-26-19)14-7-9-16(25-3)10-8-14/h7-10,13,15H,4-6,11-12H2,1-3H3,(H,20,24). The van der Waals surface area contributed by atoms with Crippen LogP contribution in [0.5, 0.6) is 5.75 Å². The lowest BCUT2D eigenvalue weighted by Crippen LogP contribution is -2.45. The summed E-state index contributed by atoms with van der Waals surface area (Å²) in [7, 11) is 1.63. The zero-order valence-corrected chi connectivity index (χ0v) is 15.6. The largest absolute Gasteiger partial charge is 0.497 e. The molecular formula is C19H26N4O3. The molecule has 0 spiro atoms. The molecule has 7 nitrogen and oxygen atoms in total. The van der Waals surface area contributed by atoms with E-state index < -0.39 is 0 Å². The maximum atomic E-state index is 12.4. The monoisotopic (exact) mass is 358 g/mol. The first-order valence-corrected chi connectivity index (χ1v) is 9.14. The van der Waals surface area contributed by atoms with Crippen molar-refractivity contribution in [1.82, 2.24) is 15.5 Å². The predicted octanol–water partition coefficient (Wildman–Crippen LogP) is 2.88. The number of nitrogens with one attached hydrogen (secondary N) is 1. The van der Waals surface area contributed by atoms with Crippen LogP contribution in [0.25, 0.3) is 11.4 Å². The first kappa shape index (κ1) is 18.2. The maximum Gasteiger partial charge on any atom is 0.324 e. The number of carbonyl (C=O) groups is 1. The van der Waals surface area contributed by atoms with E-state index >= 15 is 0 Å². The minimum Gasteiger partial charge on any atom is -0.497 e. The third kappa shape index (κ3) is 4.15. The second kappa shape index (κ2) is 8.21. The molecule has 140 valence electrons. The van der Waals surface area contributed by atoms with E-state index in [4.69, 9.17) is 9.26 Å². The highest BCUT2D eigenvalue weighted by Crippen LogP contribution is 2.26. The number of piperidine rings is 1. The molecule has 2 aromatic rings. The Labute approximate surface area is 153 Å². The number of rotatable bonds is 6. The summed E-state index contributed by atoms with van der Waals surface area (Å²) in [6.45, 7) is 5.51. The van der Waals surface area contributed by atoms with Crippen molar-refractivity contribution in [2.24, 2.45) is 5.92 Å². The zero-order valence-electron chi connectivity index (χ0n) is 15.6. The molecule has 1 amide bonds. The van der Waals surface area contributed by atoms with Gasteiger partial charge >= 0.3 is 6.01 Å². The molecule has 2 atom stereocenters. The molecule has 0 radical (unpaired) electrons. The molecule has 2 heterocycles. The SMILES string of the molecule is CCC(C)NC(=O)C1CCCN(c2nc(-c3ccc(OC)cc3)no2)C1. The molecule has 1 aliphatic heterocycles. The lowest BCUT2D eigenvalue weighted by atomic mass is 9.97. The second-order valence-corrected chi connectivity index (χ2v) is 6.73. The Morgan fingerprint density at radius 3 is 2.88 bits per heavy atom. The van der Waals surface area contributed by atoms with Crippen LogP contribution in [0.1, 0.15) is 33.1 Å². The van der Waals surface area contributed by atoms with Crippen molar-refractivity contribution in [3.8, 4) is 17.1 Å². The van der Waals surface area contributed by atoms with Crippen molar-refractivity contribution in [1.29, 1.82) is 0 Å². The fraction of sp³-hybridized carbons (Fsp3) is 0.526. The average Bonchev–Trinajstić information content (AvgIpc) is 3.18. The van der Waals surface area contributed by atoms with E-state index in [1.807, 2.05) is 36.1 Å². The fourth-order valence-electron chi connectivity index (χ4n) is 3.03. The quantitative estimate of drug-likeness (QED) is 0.855. The fourth-order valence-corrected chi connectivity index (χ4v) is 3.03. The highest BCUT2D eigenvalue weighted by molar-refractivity contribution is 5.79. The minimum absolute atomic E-state index is 0.0471. The normalized spacial score (nSPS) is 18.4. The molecule has 1 aromatic heterocycles. The third-order valence-corrected chi connectivity index (χ3v) is 4.83. The van der Waals surface area contributed by atoms with Crippen molar-refractivity contribution >= 4 is 11.9 Å². The highest BCUT2D eigenvalue weighted by atomic mass is 16.5. The Kier molecular flexibility index (Phi) is 5.75.